The first-order chi connectivity index (χ1) is 11.8. The number of pyridine rings is 1. The van der Waals surface area contributed by atoms with Crippen LogP contribution in [0.15, 0.2) is 24.7 Å². The summed E-state index contributed by atoms with van der Waals surface area (Å²) in [6.07, 6.45) is 9.36. The Labute approximate surface area is 148 Å². The van der Waals surface area contributed by atoms with Crippen molar-refractivity contribution in [1.29, 1.82) is 0 Å². The Balaban J connectivity index is 1.61. The Kier molecular flexibility index (Phi) is 4.83. The second-order valence-corrected chi connectivity index (χ2v) is 7.23. The van der Waals surface area contributed by atoms with E-state index in [1.165, 1.54) is 25.3 Å². The van der Waals surface area contributed by atoms with Gasteiger partial charge in [0.2, 0.25) is 0 Å². The van der Waals surface area contributed by atoms with Crippen LogP contribution in [-0.4, -0.2) is 52.2 Å². The minimum absolute atomic E-state index is 0.545. The zero-order valence-electron chi connectivity index (χ0n) is 13.9. The van der Waals surface area contributed by atoms with Gasteiger partial charge in [0, 0.05) is 43.2 Å². The van der Waals surface area contributed by atoms with E-state index in [4.69, 9.17) is 16.6 Å². The summed E-state index contributed by atoms with van der Waals surface area (Å²) in [7, 11) is 0. The summed E-state index contributed by atoms with van der Waals surface area (Å²) in [5, 5.41) is 4.10. The Morgan fingerprint density at radius 1 is 1.17 bits per heavy atom. The Morgan fingerprint density at radius 2 is 2.00 bits per heavy atom. The molecule has 0 aliphatic carbocycles. The molecule has 2 aromatic rings. The number of halogens is 1. The zero-order chi connectivity index (χ0) is 16.4. The van der Waals surface area contributed by atoms with E-state index in [2.05, 4.69) is 26.0 Å². The van der Waals surface area contributed by atoms with E-state index in [-0.39, 0.29) is 0 Å². The van der Waals surface area contributed by atoms with Gasteiger partial charge in [-0.2, -0.15) is 0 Å². The third-order valence-electron chi connectivity index (χ3n) is 5.12. The molecule has 2 saturated heterocycles. The lowest BCUT2D eigenvalue weighted by atomic mass is 9.97. The predicted octanol–water partition coefficient (Wildman–Crippen LogP) is 2.77. The standard InChI is InChI=1S/C18H24ClN5/c19-16-10-15(11-21-12-16)17-13-24(9-8-23-6-1-7-23)18(22-17)14-2-4-20-5-3-14/h10-14,20H,1-9H2. The lowest BCUT2D eigenvalue weighted by molar-refractivity contribution is 0.173. The number of nitrogens with zero attached hydrogens (tertiary/aromatic N) is 4. The zero-order valence-corrected chi connectivity index (χ0v) is 14.7. The largest absolute Gasteiger partial charge is 0.333 e. The Morgan fingerprint density at radius 3 is 2.71 bits per heavy atom. The number of hydrogen-bond donors (Lipinski definition) is 1. The van der Waals surface area contributed by atoms with Crippen LogP contribution in [0.3, 0.4) is 0 Å². The maximum atomic E-state index is 6.11. The summed E-state index contributed by atoms with van der Waals surface area (Å²) in [5.41, 5.74) is 1.99. The number of imidazole rings is 1. The fraction of sp³-hybridized carbons (Fsp3) is 0.556. The number of likely N-dealkylation sites (tertiary alicyclic amines) is 1. The molecule has 0 amide bonds. The van der Waals surface area contributed by atoms with E-state index in [1.807, 2.05) is 12.3 Å². The van der Waals surface area contributed by atoms with Crippen molar-refractivity contribution in [3.05, 3.63) is 35.5 Å². The van der Waals surface area contributed by atoms with Gasteiger partial charge >= 0.3 is 0 Å². The van der Waals surface area contributed by atoms with Gasteiger partial charge in [-0.1, -0.05) is 11.6 Å². The molecule has 0 radical (unpaired) electrons. The third kappa shape index (κ3) is 3.48. The van der Waals surface area contributed by atoms with Crippen molar-refractivity contribution in [3.8, 4) is 11.3 Å². The summed E-state index contributed by atoms with van der Waals surface area (Å²) in [6.45, 7) is 6.77. The van der Waals surface area contributed by atoms with Gasteiger partial charge in [0.15, 0.2) is 0 Å². The summed E-state index contributed by atoms with van der Waals surface area (Å²) < 4.78 is 2.37. The van der Waals surface area contributed by atoms with Gasteiger partial charge in [-0.15, -0.1) is 0 Å². The summed E-state index contributed by atoms with van der Waals surface area (Å²) in [6, 6.07) is 1.95. The van der Waals surface area contributed by atoms with Gasteiger partial charge in [0.1, 0.15) is 5.82 Å². The van der Waals surface area contributed by atoms with E-state index < -0.39 is 0 Å². The van der Waals surface area contributed by atoms with Crippen LogP contribution in [-0.2, 0) is 6.54 Å². The highest BCUT2D eigenvalue weighted by Crippen LogP contribution is 2.28. The molecule has 5 nitrogen and oxygen atoms in total. The molecule has 0 saturated carbocycles. The van der Waals surface area contributed by atoms with Crippen LogP contribution < -0.4 is 5.32 Å². The first-order valence-electron chi connectivity index (χ1n) is 8.90. The quantitative estimate of drug-likeness (QED) is 0.905. The molecule has 0 bridgehead atoms. The molecule has 1 N–H and O–H groups in total. The first kappa shape index (κ1) is 16.1. The van der Waals surface area contributed by atoms with Crippen LogP contribution >= 0.6 is 11.6 Å². The number of piperidine rings is 1. The first-order valence-corrected chi connectivity index (χ1v) is 9.28. The van der Waals surface area contributed by atoms with Crippen molar-refractivity contribution in [1.82, 2.24) is 24.8 Å². The molecule has 24 heavy (non-hydrogen) atoms. The van der Waals surface area contributed by atoms with Crippen molar-refractivity contribution in [2.24, 2.45) is 0 Å². The van der Waals surface area contributed by atoms with Gasteiger partial charge in [0.05, 0.1) is 10.7 Å². The summed E-state index contributed by atoms with van der Waals surface area (Å²) >= 11 is 6.11. The van der Waals surface area contributed by atoms with E-state index >= 15 is 0 Å². The molecule has 4 rings (SSSR count). The molecule has 2 fully saturated rings. The van der Waals surface area contributed by atoms with Crippen LogP contribution in [0.1, 0.15) is 31.0 Å². The molecule has 0 unspecified atom stereocenters. The second kappa shape index (κ2) is 7.21. The summed E-state index contributed by atoms with van der Waals surface area (Å²) in [4.78, 5) is 11.7. The van der Waals surface area contributed by atoms with Crippen LogP contribution in [0.25, 0.3) is 11.3 Å². The number of aromatic nitrogens is 3. The van der Waals surface area contributed by atoms with Gasteiger partial charge < -0.3 is 14.8 Å². The third-order valence-corrected chi connectivity index (χ3v) is 5.32. The lowest BCUT2D eigenvalue weighted by Gasteiger charge is -2.31. The number of rotatable bonds is 5. The van der Waals surface area contributed by atoms with Crippen LogP contribution in [0, 0.1) is 0 Å². The van der Waals surface area contributed by atoms with Gasteiger partial charge in [0.25, 0.3) is 0 Å². The molecular formula is C18H24ClN5. The second-order valence-electron chi connectivity index (χ2n) is 6.79. The molecule has 2 aromatic heterocycles. The van der Waals surface area contributed by atoms with Gasteiger partial charge in [-0.25, -0.2) is 4.98 Å². The fourth-order valence-electron chi connectivity index (χ4n) is 3.56. The number of hydrogen-bond acceptors (Lipinski definition) is 4. The van der Waals surface area contributed by atoms with Crippen molar-refractivity contribution >= 4 is 11.6 Å². The van der Waals surface area contributed by atoms with E-state index in [0.29, 0.717) is 10.9 Å². The molecule has 6 heteroatoms. The Hall–Kier alpha value is -1.43. The summed E-state index contributed by atoms with van der Waals surface area (Å²) in [5.74, 6) is 1.77. The van der Waals surface area contributed by atoms with Crippen molar-refractivity contribution in [2.45, 2.75) is 31.7 Å². The van der Waals surface area contributed by atoms with Gasteiger partial charge in [-0.05, 0) is 51.5 Å². The minimum Gasteiger partial charge on any atom is -0.333 e. The maximum Gasteiger partial charge on any atom is 0.112 e. The minimum atomic E-state index is 0.545. The maximum absolute atomic E-state index is 6.11. The predicted molar refractivity (Wildman–Crippen MR) is 96.4 cm³/mol. The molecule has 2 aliphatic heterocycles. The van der Waals surface area contributed by atoms with Crippen molar-refractivity contribution in [2.75, 3.05) is 32.7 Å². The molecule has 0 aromatic carbocycles. The van der Waals surface area contributed by atoms with Gasteiger partial charge in [-0.3, -0.25) is 4.98 Å². The highest BCUT2D eigenvalue weighted by atomic mass is 35.5. The lowest BCUT2D eigenvalue weighted by Crippen LogP contribution is -2.39. The smallest absolute Gasteiger partial charge is 0.112 e. The monoisotopic (exact) mass is 345 g/mol. The highest BCUT2D eigenvalue weighted by molar-refractivity contribution is 6.30. The highest BCUT2D eigenvalue weighted by Gasteiger charge is 2.22. The molecule has 0 atom stereocenters. The number of nitrogens with one attached hydrogen (secondary N) is 1. The molecule has 4 heterocycles. The van der Waals surface area contributed by atoms with Crippen LogP contribution in [0.2, 0.25) is 5.02 Å². The van der Waals surface area contributed by atoms with E-state index in [1.54, 1.807) is 6.20 Å². The average Bonchev–Trinajstić information content (AvgIpc) is 2.99. The van der Waals surface area contributed by atoms with Crippen molar-refractivity contribution < 1.29 is 0 Å². The Bertz CT molecular complexity index is 688. The molecule has 0 spiro atoms. The fourth-order valence-corrected chi connectivity index (χ4v) is 3.73. The van der Waals surface area contributed by atoms with Crippen LogP contribution in [0.4, 0.5) is 0 Å². The molecule has 128 valence electrons. The van der Waals surface area contributed by atoms with Crippen molar-refractivity contribution in [3.63, 3.8) is 0 Å². The normalized spacial score (nSPS) is 19.4. The average molecular weight is 346 g/mol. The topological polar surface area (TPSA) is 46.0 Å². The van der Waals surface area contributed by atoms with Crippen LogP contribution in [0.5, 0.6) is 0 Å². The van der Waals surface area contributed by atoms with E-state index in [0.717, 1.165) is 50.3 Å². The van der Waals surface area contributed by atoms with E-state index in [9.17, 15) is 0 Å². The molecule has 2 aliphatic rings. The molecular weight excluding hydrogens is 322 g/mol. The SMILES string of the molecule is Clc1cncc(-c2cn(CCN3CCC3)c(C3CCNCC3)n2)c1.